The van der Waals surface area contributed by atoms with Crippen LogP contribution in [0.3, 0.4) is 0 Å². The molecule has 150 valence electrons. The van der Waals surface area contributed by atoms with Crippen molar-refractivity contribution in [2.45, 2.75) is 20.5 Å². The Morgan fingerprint density at radius 1 is 1.10 bits per heavy atom. The van der Waals surface area contributed by atoms with Crippen LogP contribution in [0.25, 0.3) is 6.08 Å². The number of amides is 1. The zero-order valence-corrected chi connectivity index (χ0v) is 17.5. The summed E-state index contributed by atoms with van der Waals surface area (Å²) in [4.78, 5) is 12.6. The van der Waals surface area contributed by atoms with Crippen LogP contribution in [0.2, 0.25) is 5.02 Å². The highest BCUT2D eigenvalue weighted by Gasteiger charge is 2.11. The number of hydrogen-bond donors (Lipinski definition) is 1. The van der Waals surface area contributed by atoms with E-state index in [1.807, 2.05) is 80.6 Å². The summed E-state index contributed by atoms with van der Waals surface area (Å²) >= 11 is 6.00. The molecule has 0 aliphatic carbocycles. The number of benzene rings is 3. The lowest BCUT2D eigenvalue weighted by Crippen LogP contribution is -2.14. The summed E-state index contributed by atoms with van der Waals surface area (Å²) in [6.45, 7) is 4.22. The van der Waals surface area contributed by atoms with Gasteiger partial charge in [0.15, 0.2) is 0 Å². The van der Waals surface area contributed by atoms with Crippen LogP contribution in [-0.4, -0.2) is 5.91 Å². The van der Waals surface area contributed by atoms with Crippen LogP contribution in [0.5, 0.6) is 5.75 Å². The summed E-state index contributed by atoms with van der Waals surface area (Å²) in [6.07, 6.45) is 1.55. The molecule has 0 bridgehead atoms. The van der Waals surface area contributed by atoms with E-state index in [1.165, 1.54) is 0 Å². The molecule has 4 nitrogen and oxygen atoms in total. The quantitative estimate of drug-likeness (QED) is 0.391. The number of ether oxygens (including phenoxy) is 1. The number of hydrogen-bond acceptors (Lipinski definition) is 3. The van der Waals surface area contributed by atoms with E-state index in [2.05, 4.69) is 5.32 Å². The molecule has 3 aromatic carbocycles. The molecular formula is C25H21ClN2O2. The van der Waals surface area contributed by atoms with Gasteiger partial charge in [-0.15, -0.1) is 0 Å². The number of nitrogens with zero attached hydrogens (tertiary/aromatic N) is 1. The lowest BCUT2D eigenvalue weighted by molar-refractivity contribution is -0.112. The zero-order chi connectivity index (χ0) is 21.5. The van der Waals surface area contributed by atoms with Gasteiger partial charge in [-0.05, 0) is 72.5 Å². The predicted octanol–water partition coefficient (Wildman–Crippen LogP) is 6.08. The van der Waals surface area contributed by atoms with Crippen molar-refractivity contribution in [2.75, 3.05) is 5.32 Å². The Hall–Kier alpha value is -3.55. The van der Waals surface area contributed by atoms with Gasteiger partial charge in [-0.3, -0.25) is 4.79 Å². The third-order valence-electron chi connectivity index (χ3n) is 4.47. The van der Waals surface area contributed by atoms with Crippen molar-refractivity contribution in [2.24, 2.45) is 0 Å². The highest BCUT2D eigenvalue weighted by Crippen LogP contribution is 2.20. The molecule has 3 rings (SSSR count). The van der Waals surface area contributed by atoms with Gasteiger partial charge in [0.1, 0.15) is 24.0 Å². The topological polar surface area (TPSA) is 62.1 Å². The fraction of sp³-hybridized carbons (Fsp3) is 0.120. The van der Waals surface area contributed by atoms with Crippen molar-refractivity contribution in [3.8, 4) is 11.8 Å². The summed E-state index contributed by atoms with van der Waals surface area (Å²) in [5, 5.41) is 13.0. The largest absolute Gasteiger partial charge is 0.489 e. The normalized spacial score (nSPS) is 10.9. The number of carbonyl (C=O) groups excluding carboxylic acids is 1. The van der Waals surface area contributed by atoms with Crippen LogP contribution in [-0.2, 0) is 11.4 Å². The standard InChI is InChI=1S/C25H21ClN2O2/c1-17-9-10-18(2)24(11-17)28-25(29)21(15-27)12-19-5-4-8-23(14-19)30-16-20-6-3-7-22(26)13-20/h3-14H,16H2,1-2H3,(H,28,29)/b21-12-. The van der Waals surface area contributed by atoms with Crippen molar-refractivity contribution >= 4 is 29.3 Å². The van der Waals surface area contributed by atoms with Gasteiger partial charge in [0.05, 0.1) is 0 Å². The van der Waals surface area contributed by atoms with Gasteiger partial charge in [0.2, 0.25) is 0 Å². The number of carbonyl (C=O) groups is 1. The second-order valence-corrected chi connectivity index (χ2v) is 7.37. The number of nitrogens with one attached hydrogen (secondary N) is 1. The zero-order valence-electron chi connectivity index (χ0n) is 16.8. The summed E-state index contributed by atoms with van der Waals surface area (Å²) in [6, 6.07) is 22.5. The van der Waals surface area contributed by atoms with Crippen LogP contribution < -0.4 is 10.1 Å². The minimum atomic E-state index is -0.448. The smallest absolute Gasteiger partial charge is 0.266 e. The molecular weight excluding hydrogens is 396 g/mol. The van der Waals surface area contributed by atoms with Crippen LogP contribution in [0.4, 0.5) is 5.69 Å². The molecule has 5 heteroatoms. The van der Waals surface area contributed by atoms with Gasteiger partial charge in [0, 0.05) is 10.7 Å². The van der Waals surface area contributed by atoms with Crippen molar-refractivity contribution in [1.82, 2.24) is 0 Å². The Morgan fingerprint density at radius 2 is 1.90 bits per heavy atom. The Labute approximate surface area is 181 Å². The maximum atomic E-state index is 12.6. The highest BCUT2D eigenvalue weighted by atomic mass is 35.5. The first kappa shape index (κ1) is 21.2. The van der Waals surface area contributed by atoms with Crippen LogP contribution in [0.15, 0.2) is 72.3 Å². The Balaban J connectivity index is 1.73. The number of aryl methyl sites for hydroxylation is 2. The van der Waals surface area contributed by atoms with Gasteiger partial charge in [-0.2, -0.15) is 5.26 Å². The second kappa shape index (κ2) is 9.78. The van der Waals surface area contributed by atoms with Crippen molar-refractivity contribution < 1.29 is 9.53 Å². The molecule has 1 N–H and O–H groups in total. The summed E-state index contributed by atoms with van der Waals surface area (Å²) in [5.74, 6) is 0.187. The Bertz CT molecular complexity index is 1150. The second-order valence-electron chi connectivity index (χ2n) is 6.93. The minimum absolute atomic E-state index is 0.0166. The molecule has 0 aliphatic heterocycles. The van der Waals surface area contributed by atoms with Crippen molar-refractivity contribution in [3.63, 3.8) is 0 Å². The molecule has 0 aliphatic rings. The lowest BCUT2D eigenvalue weighted by atomic mass is 10.1. The highest BCUT2D eigenvalue weighted by molar-refractivity contribution is 6.30. The van der Waals surface area contributed by atoms with Gasteiger partial charge >= 0.3 is 0 Å². The third-order valence-corrected chi connectivity index (χ3v) is 4.71. The monoisotopic (exact) mass is 416 g/mol. The molecule has 0 radical (unpaired) electrons. The number of rotatable bonds is 6. The van der Waals surface area contributed by atoms with Crippen LogP contribution in [0, 0.1) is 25.2 Å². The molecule has 0 saturated heterocycles. The van der Waals surface area contributed by atoms with Crippen LogP contribution >= 0.6 is 11.6 Å². The SMILES string of the molecule is Cc1ccc(C)c(NC(=O)/C(C#N)=C\c2cccc(OCc3cccc(Cl)c3)c2)c1. The average Bonchev–Trinajstić information content (AvgIpc) is 2.73. The van der Waals surface area contributed by atoms with E-state index in [-0.39, 0.29) is 5.57 Å². The van der Waals surface area contributed by atoms with Gasteiger partial charge in [0.25, 0.3) is 5.91 Å². The fourth-order valence-electron chi connectivity index (χ4n) is 2.86. The van der Waals surface area contributed by atoms with Crippen LogP contribution in [0.1, 0.15) is 22.3 Å². The van der Waals surface area contributed by atoms with Gasteiger partial charge in [-0.25, -0.2) is 0 Å². The molecule has 1 amide bonds. The number of anilines is 1. The molecule has 0 saturated carbocycles. The molecule has 0 atom stereocenters. The minimum Gasteiger partial charge on any atom is -0.489 e. The van der Waals surface area contributed by atoms with E-state index >= 15 is 0 Å². The predicted molar refractivity (Wildman–Crippen MR) is 120 cm³/mol. The fourth-order valence-corrected chi connectivity index (χ4v) is 3.08. The number of halogens is 1. The maximum absolute atomic E-state index is 12.6. The van der Waals surface area contributed by atoms with Crippen molar-refractivity contribution in [1.29, 1.82) is 5.26 Å². The van der Waals surface area contributed by atoms with Gasteiger partial charge < -0.3 is 10.1 Å². The van der Waals surface area contributed by atoms with E-state index in [0.29, 0.717) is 28.6 Å². The van der Waals surface area contributed by atoms with E-state index in [1.54, 1.807) is 12.1 Å². The first-order chi connectivity index (χ1) is 14.4. The van der Waals surface area contributed by atoms with E-state index in [0.717, 1.165) is 16.7 Å². The summed E-state index contributed by atoms with van der Waals surface area (Å²) < 4.78 is 5.82. The molecule has 0 fully saturated rings. The summed E-state index contributed by atoms with van der Waals surface area (Å²) in [7, 11) is 0. The first-order valence-electron chi connectivity index (χ1n) is 9.42. The van der Waals surface area contributed by atoms with Gasteiger partial charge in [-0.1, -0.05) is 48.0 Å². The van der Waals surface area contributed by atoms with E-state index in [4.69, 9.17) is 16.3 Å². The molecule has 30 heavy (non-hydrogen) atoms. The average molecular weight is 417 g/mol. The Kier molecular flexibility index (Phi) is 6.90. The molecule has 0 spiro atoms. The molecule has 3 aromatic rings. The molecule has 0 aromatic heterocycles. The molecule has 0 unspecified atom stereocenters. The Morgan fingerprint density at radius 3 is 2.67 bits per heavy atom. The van der Waals surface area contributed by atoms with Crippen molar-refractivity contribution in [3.05, 3.63) is 99.6 Å². The first-order valence-corrected chi connectivity index (χ1v) is 9.80. The lowest BCUT2D eigenvalue weighted by Gasteiger charge is -2.09. The third kappa shape index (κ3) is 5.73. The summed E-state index contributed by atoms with van der Waals surface area (Å²) in [5.41, 5.74) is 4.33. The number of nitriles is 1. The van der Waals surface area contributed by atoms with E-state index < -0.39 is 5.91 Å². The maximum Gasteiger partial charge on any atom is 0.266 e. The van der Waals surface area contributed by atoms with E-state index in [9.17, 15) is 10.1 Å². The molecule has 0 heterocycles.